The van der Waals surface area contributed by atoms with Crippen molar-refractivity contribution in [3.8, 4) is 0 Å². The molecule has 0 spiro atoms. The van der Waals surface area contributed by atoms with E-state index in [1.165, 1.54) is 0 Å². The van der Waals surface area contributed by atoms with Crippen LogP contribution in [0.5, 0.6) is 0 Å². The average molecular weight is 170 g/mol. The Labute approximate surface area is 76.5 Å². The van der Waals surface area contributed by atoms with E-state index in [1.807, 2.05) is 6.92 Å². The van der Waals surface area contributed by atoms with E-state index in [2.05, 4.69) is 38.0 Å². The minimum atomic E-state index is 0.446. The van der Waals surface area contributed by atoms with Gasteiger partial charge in [-0.2, -0.15) is 0 Å². The Morgan fingerprint density at radius 1 is 1.25 bits per heavy atom. The zero-order chi connectivity index (χ0) is 9.56. The molecule has 0 radical (unpaired) electrons. The maximum atomic E-state index is 4.49. The molecule has 0 saturated heterocycles. The maximum absolute atomic E-state index is 4.49. The highest BCUT2D eigenvalue weighted by Gasteiger charge is 1.99. The summed E-state index contributed by atoms with van der Waals surface area (Å²) >= 11 is 0. The maximum Gasteiger partial charge on any atom is 0.0936 e. The SMILES string of the molecule is CCC(C)N=C(C)NC(C)CC. The van der Waals surface area contributed by atoms with Gasteiger partial charge in [0.2, 0.25) is 0 Å². The van der Waals surface area contributed by atoms with Crippen molar-refractivity contribution < 1.29 is 0 Å². The first-order valence-corrected chi connectivity index (χ1v) is 4.91. The van der Waals surface area contributed by atoms with Crippen LogP contribution in [0.4, 0.5) is 0 Å². The van der Waals surface area contributed by atoms with Crippen molar-refractivity contribution in [2.24, 2.45) is 4.99 Å². The molecule has 0 aliphatic carbocycles. The van der Waals surface area contributed by atoms with E-state index in [4.69, 9.17) is 0 Å². The van der Waals surface area contributed by atoms with Gasteiger partial charge in [0, 0.05) is 12.1 Å². The van der Waals surface area contributed by atoms with Crippen LogP contribution in [-0.2, 0) is 0 Å². The van der Waals surface area contributed by atoms with Gasteiger partial charge < -0.3 is 5.32 Å². The highest BCUT2D eigenvalue weighted by Crippen LogP contribution is 1.96. The van der Waals surface area contributed by atoms with Gasteiger partial charge in [-0.3, -0.25) is 4.99 Å². The number of amidine groups is 1. The predicted molar refractivity (Wildman–Crippen MR) is 55.8 cm³/mol. The van der Waals surface area contributed by atoms with Crippen molar-refractivity contribution in [3.05, 3.63) is 0 Å². The van der Waals surface area contributed by atoms with Crippen LogP contribution in [-0.4, -0.2) is 17.9 Å². The molecular formula is C10H22N2. The zero-order valence-electron chi connectivity index (χ0n) is 9.02. The number of aliphatic imine (C=N–C) groups is 1. The van der Waals surface area contributed by atoms with Gasteiger partial charge in [-0.25, -0.2) is 0 Å². The Kier molecular flexibility index (Phi) is 5.77. The lowest BCUT2D eigenvalue weighted by Gasteiger charge is -2.13. The number of hydrogen-bond donors (Lipinski definition) is 1. The molecule has 0 saturated carbocycles. The first-order valence-electron chi connectivity index (χ1n) is 4.91. The third-order valence-corrected chi connectivity index (χ3v) is 2.07. The van der Waals surface area contributed by atoms with Crippen molar-refractivity contribution in [1.29, 1.82) is 0 Å². The molecule has 0 aromatic carbocycles. The molecule has 2 heteroatoms. The van der Waals surface area contributed by atoms with Gasteiger partial charge >= 0.3 is 0 Å². The van der Waals surface area contributed by atoms with Gasteiger partial charge in [0.25, 0.3) is 0 Å². The van der Waals surface area contributed by atoms with Gasteiger partial charge in [0.05, 0.1) is 5.84 Å². The van der Waals surface area contributed by atoms with Gasteiger partial charge in [-0.15, -0.1) is 0 Å². The van der Waals surface area contributed by atoms with Gasteiger partial charge in [0.1, 0.15) is 0 Å². The van der Waals surface area contributed by atoms with Gasteiger partial charge in [-0.05, 0) is 33.6 Å². The number of nitrogens with zero attached hydrogens (tertiary/aromatic N) is 1. The fourth-order valence-corrected chi connectivity index (χ4v) is 0.918. The number of nitrogens with one attached hydrogen (secondary N) is 1. The summed E-state index contributed by atoms with van der Waals surface area (Å²) in [5, 5.41) is 3.34. The molecule has 2 atom stereocenters. The van der Waals surface area contributed by atoms with E-state index in [-0.39, 0.29) is 0 Å². The largest absolute Gasteiger partial charge is 0.372 e. The fourth-order valence-electron chi connectivity index (χ4n) is 0.918. The highest BCUT2D eigenvalue weighted by molar-refractivity contribution is 5.79. The Hall–Kier alpha value is -0.530. The third-order valence-electron chi connectivity index (χ3n) is 2.07. The minimum Gasteiger partial charge on any atom is -0.372 e. The van der Waals surface area contributed by atoms with Crippen LogP contribution < -0.4 is 5.32 Å². The van der Waals surface area contributed by atoms with Crippen LogP contribution in [0.15, 0.2) is 4.99 Å². The summed E-state index contributed by atoms with van der Waals surface area (Å²) in [6.07, 6.45) is 2.26. The lowest BCUT2D eigenvalue weighted by Crippen LogP contribution is -2.30. The highest BCUT2D eigenvalue weighted by atomic mass is 15.0. The monoisotopic (exact) mass is 170 g/mol. The van der Waals surface area contributed by atoms with Crippen LogP contribution in [0.1, 0.15) is 47.5 Å². The van der Waals surface area contributed by atoms with Crippen LogP contribution in [0.2, 0.25) is 0 Å². The van der Waals surface area contributed by atoms with Crippen molar-refractivity contribution in [2.75, 3.05) is 0 Å². The molecule has 72 valence electrons. The molecule has 0 amide bonds. The van der Waals surface area contributed by atoms with Gasteiger partial charge in [0.15, 0.2) is 0 Å². The molecule has 0 aromatic heterocycles. The summed E-state index contributed by atoms with van der Waals surface area (Å²) in [7, 11) is 0. The second kappa shape index (κ2) is 6.04. The molecule has 2 unspecified atom stereocenters. The molecule has 12 heavy (non-hydrogen) atoms. The first-order chi connectivity index (χ1) is 5.60. The number of hydrogen-bond acceptors (Lipinski definition) is 1. The summed E-state index contributed by atoms with van der Waals surface area (Å²) < 4.78 is 0. The number of rotatable bonds is 4. The second-order valence-electron chi connectivity index (χ2n) is 3.43. The molecule has 1 N–H and O–H groups in total. The molecule has 0 bridgehead atoms. The van der Waals surface area contributed by atoms with Gasteiger partial charge in [-0.1, -0.05) is 13.8 Å². The molecule has 0 rings (SSSR count). The van der Waals surface area contributed by atoms with Crippen LogP contribution in [0, 0.1) is 0 Å². The Bertz CT molecular complexity index is 141. The van der Waals surface area contributed by atoms with Crippen molar-refractivity contribution >= 4 is 5.84 Å². The molecular weight excluding hydrogens is 148 g/mol. The summed E-state index contributed by atoms with van der Waals surface area (Å²) in [6, 6.07) is 0.986. The quantitative estimate of drug-likeness (QED) is 0.509. The van der Waals surface area contributed by atoms with E-state index >= 15 is 0 Å². The Balaban J connectivity index is 3.84. The molecule has 0 heterocycles. The van der Waals surface area contributed by atoms with E-state index in [0.717, 1.165) is 18.7 Å². The fraction of sp³-hybridized carbons (Fsp3) is 0.900. The van der Waals surface area contributed by atoms with E-state index in [1.54, 1.807) is 0 Å². The Morgan fingerprint density at radius 3 is 2.25 bits per heavy atom. The Morgan fingerprint density at radius 2 is 1.83 bits per heavy atom. The standard InChI is InChI=1S/C10H22N2/c1-6-8(3)11-10(5)12-9(4)7-2/h8-9H,6-7H2,1-5H3,(H,11,12). The zero-order valence-corrected chi connectivity index (χ0v) is 9.02. The predicted octanol–water partition coefficient (Wildman–Crippen LogP) is 2.59. The normalized spacial score (nSPS) is 17.2. The summed E-state index contributed by atoms with van der Waals surface area (Å²) in [5.74, 6) is 1.07. The van der Waals surface area contributed by atoms with Crippen molar-refractivity contribution in [1.82, 2.24) is 5.32 Å². The lowest BCUT2D eigenvalue weighted by molar-refractivity contribution is 0.629. The third kappa shape index (κ3) is 5.16. The van der Waals surface area contributed by atoms with Crippen molar-refractivity contribution in [3.63, 3.8) is 0 Å². The van der Waals surface area contributed by atoms with Crippen LogP contribution >= 0.6 is 0 Å². The molecule has 0 aromatic rings. The average Bonchev–Trinajstić information content (AvgIpc) is 2.03. The summed E-state index contributed by atoms with van der Waals surface area (Å²) in [5.41, 5.74) is 0. The molecule has 0 aliphatic heterocycles. The van der Waals surface area contributed by atoms with E-state index in [0.29, 0.717) is 12.1 Å². The topological polar surface area (TPSA) is 24.4 Å². The molecule has 0 aliphatic rings. The lowest BCUT2D eigenvalue weighted by atomic mass is 10.2. The summed E-state index contributed by atoms with van der Waals surface area (Å²) in [4.78, 5) is 4.49. The minimum absolute atomic E-state index is 0.446. The van der Waals surface area contributed by atoms with E-state index < -0.39 is 0 Å². The smallest absolute Gasteiger partial charge is 0.0936 e. The second-order valence-corrected chi connectivity index (χ2v) is 3.43. The molecule has 0 fully saturated rings. The van der Waals surface area contributed by atoms with E-state index in [9.17, 15) is 0 Å². The molecule has 2 nitrogen and oxygen atoms in total. The summed E-state index contributed by atoms with van der Waals surface area (Å²) in [6.45, 7) is 10.7. The first kappa shape index (κ1) is 11.5. The van der Waals surface area contributed by atoms with Crippen LogP contribution in [0.3, 0.4) is 0 Å². The van der Waals surface area contributed by atoms with Crippen molar-refractivity contribution in [2.45, 2.75) is 59.5 Å². The van der Waals surface area contributed by atoms with Crippen LogP contribution in [0.25, 0.3) is 0 Å².